The highest BCUT2D eigenvalue weighted by Crippen LogP contribution is 2.34. The van der Waals surface area contributed by atoms with Gasteiger partial charge in [-0.25, -0.2) is 4.98 Å². The number of thiazole rings is 1. The number of hydrogen-bond acceptors (Lipinski definition) is 6. The number of para-hydroxylation sites is 1. The molecule has 29 heavy (non-hydrogen) atoms. The Bertz CT molecular complexity index is 963. The van der Waals surface area contributed by atoms with Crippen molar-refractivity contribution in [1.82, 2.24) is 19.7 Å². The Morgan fingerprint density at radius 1 is 1.17 bits per heavy atom. The average Bonchev–Trinajstić information content (AvgIpc) is 3.33. The van der Waals surface area contributed by atoms with E-state index in [-0.39, 0.29) is 5.91 Å². The molecule has 1 aliphatic rings. The molecule has 2 aromatic heterocycles. The van der Waals surface area contributed by atoms with Gasteiger partial charge in [0.05, 0.1) is 17.1 Å². The predicted molar refractivity (Wildman–Crippen MR) is 118 cm³/mol. The second-order valence-corrected chi connectivity index (χ2v) is 9.10. The standard InChI is InChI=1S/C21H25N5OS2/c1-15-13-28-20(22-15)26(18-11-7-4-8-12-18)19(27)14-29-21-24-23-16(2)25(21)17-9-5-3-6-10-17/h4,7-8,11-13,17H,3,5-6,9-10,14H2,1-2H3. The van der Waals surface area contributed by atoms with Crippen LogP contribution >= 0.6 is 23.1 Å². The van der Waals surface area contributed by atoms with Crippen LogP contribution < -0.4 is 4.90 Å². The van der Waals surface area contributed by atoms with Crippen molar-refractivity contribution in [3.05, 3.63) is 47.2 Å². The molecule has 0 N–H and O–H groups in total. The van der Waals surface area contributed by atoms with E-state index >= 15 is 0 Å². The molecule has 2 heterocycles. The Morgan fingerprint density at radius 3 is 2.62 bits per heavy atom. The first-order valence-electron chi connectivity index (χ1n) is 9.98. The second kappa shape index (κ2) is 9.09. The van der Waals surface area contributed by atoms with Crippen LogP contribution in [0.4, 0.5) is 10.8 Å². The lowest BCUT2D eigenvalue weighted by Crippen LogP contribution is -2.27. The number of hydrogen-bond donors (Lipinski definition) is 0. The van der Waals surface area contributed by atoms with Crippen molar-refractivity contribution in [2.75, 3.05) is 10.7 Å². The van der Waals surface area contributed by atoms with Gasteiger partial charge in [-0.3, -0.25) is 9.69 Å². The van der Waals surface area contributed by atoms with Gasteiger partial charge in [-0.1, -0.05) is 49.2 Å². The van der Waals surface area contributed by atoms with E-state index in [2.05, 4.69) is 19.7 Å². The summed E-state index contributed by atoms with van der Waals surface area (Å²) in [5, 5.41) is 12.2. The molecule has 1 saturated carbocycles. The number of carbonyl (C=O) groups is 1. The lowest BCUT2D eigenvalue weighted by Gasteiger charge is -2.25. The second-order valence-electron chi connectivity index (χ2n) is 7.32. The molecule has 0 radical (unpaired) electrons. The summed E-state index contributed by atoms with van der Waals surface area (Å²) in [7, 11) is 0. The number of aromatic nitrogens is 4. The summed E-state index contributed by atoms with van der Waals surface area (Å²) in [4.78, 5) is 19.5. The van der Waals surface area contributed by atoms with Crippen LogP contribution in [0, 0.1) is 13.8 Å². The fraction of sp³-hybridized carbons (Fsp3) is 0.429. The fourth-order valence-corrected chi connectivity index (χ4v) is 5.52. The van der Waals surface area contributed by atoms with Crippen LogP contribution in [-0.2, 0) is 4.79 Å². The van der Waals surface area contributed by atoms with Crippen molar-refractivity contribution in [2.45, 2.75) is 57.1 Å². The third-order valence-electron chi connectivity index (χ3n) is 5.16. The minimum atomic E-state index is -0.00797. The molecule has 3 aromatic rings. The van der Waals surface area contributed by atoms with Crippen molar-refractivity contribution in [3.8, 4) is 0 Å². The van der Waals surface area contributed by atoms with Crippen molar-refractivity contribution >= 4 is 39.8 Å². The molecule has 1 amide bonds. The first-order valence-corrected chi connectivity index (χ1v) is 11.8. The highest BCUT2D eigenvalue weighted by Gasteiger charge is 2.24. The number of nitrogens with zero attached hydrogens (tertiary/aromatic N) is 5. The van der Waals surface area contributed by atoms with E-state index in [0.717, 1.165) is 35.2 Å². The molecule has 6 nitrogen and oxygen atoms in total. The number of amides is 1. The molecular formula is C21H25N5OS2. The van der Waals surface area contributed by atoms with Crippen LogP contribution in [0.15, 0.2) is 40.9 Å². The van der Waals surface area contributed by atoms with Gasteiger partial charge in [0.25, 0.3) is 0 Å². The molecular weight excluding hydrogens is 402 g/mol. The molecule has 152 valence electrons. The zero-order valence-corrected chi connectivity index (χ0v) is 18.4. The molecule has 1 fully saturated rings. The lowest BCUT2D eigenvalue weighted by molar-refractivity contribution is -0.115. The molecule has 0 bridgehead atoms. The summed E-state index contributed by atoms with van der Waals surface area (Å²) >= 11 is 2.95. The molecule has 0 spiro atoms. The van der Waals surface area contributed by atoms with Crippen LogP contribution in [-0.4, -0.2) is 31.4 Å². The summed E-state index contributed by atoms with van der Waals surface area (Å²) in [6.45, 7) is 3.94. The minimum Gasteiger partial charge on any atom is -0.303 e. The molecule has 8 heteroatoms. The monoisotopic (exact) mass is 427 g/mol. The lowest BCUT2D eigenvalue weighted by atomic mass is 9.95. The van der Waals surface area contributed by atoms with Gasteiger partial charge in [0.2, 0.25) is 5.91 Å². The largest absolute Gasteiger partial charge is 0.303 e. The summed E-state index contributed by atoms with van der Waals surface area (Å²) in [5.74, 6) is 1.21. The summed E-state index contributed by atoms with van der Waals surface area (Å²) in [5.41, 5.74) is 1.75. The number of thioether (sulfide) groups is 1. The van der Waals surface area contributed by atoms with Crippen LogP contribution in [0.2, 0.25) is 0 Å². The highest BCUT2D eigenvalue weighted by molar-refractivity contribution is 7.99. The van der Waals surface area contributed by atoms with Gasteiger partial charge in [-0.05, 0) is 38.8 Å². The van der Waals surface area contributed by atoms with E-state index < -0.39 is 0 Å². The molecule has 0 unspecified atom stereocenters. The maximum absolute atomic E-state index is 13.2. The molecule has 1 aromatic carbocycles. The summed E-state index contributed by atoms with van der Waals surface area (Å²) < 4.78 is 2.23. The van der Waals surface area contributed by atoms with Gasteiger partial charge in [-0.15, -0.1) is 21.5 Å². The van der Waals surface area contributed by atoms with Crippen molar-refractivity contribution in [1.29, 1.82) is 0 Å². The van der Waals surface area contributed by atoms with Gasteiger partial charge < -0.3 is 4.57 Å². The van der Waals surface area contributed by atoms with Gasteiger partial charge in [0.15, 0.2) is 10.3 Å². The summed E-state index contributed by atoms with van der Waals surface area (Å²) in [6.07, 6.45) is 6.12. The highest BCUT2D eigenvalue weighted by atomic mass is 32.2. The third-order valence-corrected chi connectivity index (χ3v) is 7.03. The Labute approximate surface area is 179 Å². The Morgan fingerprint density at radius 2 is 1.93 bits per heavy atom. The number of benzene rings is 1. The zero-order chi connectivity index (χ0) is 20.2. The van der Waals surface area contributed by atoms with E-state index in [4.69, 9.17) is 0 Å². The van der Waals surface area contributed by atoms with E-state index in [1.165, 1.54) is 42.4 Å². The maximum atomic E-state index is 13.2. The Hall–Kier alpha value is -2.19. The number of carbonyl (C=O) groups excluding carboxylic acids is 1. The smallest absolute Gasteiger partial charge is 0.243 e. The van der Waals surface area contributed by atoms with Gasteiger partial charge in [0.1, 0.15) is 5.82 Å². The third kappa shape index (κ3) is 4.53. The normalized spacial score (nSPS) is 14.8. The quantitative estimate of drug-likeness (QED) is 0.499. The molecule has 4 rings (SSSR count). The van der Waals surface area contributed by atoms with E-state index in [9.17, 15) is 4.79 Å². The molecule has 0 atom stereocenters. The number of anilines is 2. The molecule has 0 saturated heterocycles. The van der Waals surface area contributed by atoms with Crippen LogP contribution in [0.5, 0.6) is 0 Å². The Balaban J connectivity index is 1.53. The maximum Gasteiger partial charge on any atom is 0.243 e. The number of aryl methyl sites for hydroxylation is 2. The number of rotatable bonds is 6. The molecule has 0 aliphatic heterocycles. The van der Waals surface area contributed by atoms with Gasteiger partial charge >= 0.3 is 0 Å². The van der Waals surface area contributed by atoms with Crippen molar-refractivity contribution < 1.29 is 4.79 Å². The predicted octanol–water partition coefficient (Wildman–Crippen LogP) is 5.31. The SMILES string of the molecule is Cc1csc(N(C(=O)CSc2nnc(C)n2C2CCCCC2)c2ccccc2)n1. The van der Waals surface area contributed by atoms with E-state index in [1.807, 2.05) is 49.6 Å². The van der Waals surface area contributed by atoms with E-state index in [0.29, 0.717) is 16.9 Å². The average molecular weight is 428 g/mol. The summed E-state index contributed by atoms with van der Waals surface area (Å²) in [6, 6.07) is 10.1. The molecule has 1 aliphatic carbocycles. The van der Waals surface area contributed by atoms with Crippen LogP contribution in [0.25, 0.3) is 0 Å². The first-order chi connectivity index (χ1) is 14.1. The van der Waals surface area contributed by atoms with Gasteiger partial charge in [0, 0.05) is 11.4 Å². The zero-order valence-electron chi connectivity index (χ0n) is 16.7. The van der Waals surface area contributed by atoms with Gasteiger partial charge in [-0.2, -0.15) is 0 Å². The van der Waals surface area contributed by atoms with Crippen LogP contribution in [0.3, 0.4) is 0 Å². The minimum absolute atomic E-state index is 0.00797. The van der Waals surface area contributed by atoms with Crippen molar-refractivity contribution in [2.24, 2.45) is 0 Å². The van der Waals surface area contributed by atoms with E-state index in [1.54, 1.807) is 4.90 Å². The first kappa shape index (κ1) is 20.1. The topological polar surface area (TPSA) is 63.9 Å². The van der Waals surface area contributed by atoms with Crippen molar-refractivity contribution in [3.63, 3.8) is 0 Å². The van der Waals surface area contributed by atoms with Crippen LogP contribution in [0.1, 0.15) is 49.7 Å². The fourth-order valence-electron chi connectivity index (χ4n) is 3.78. The Kier molecular flexibility index (Phi) is 6.30.